The lowest BCUT2D eigenvalue weighted by Crippen LogP contribution is -2.45. The number of nitrogens with one attached hydrogen (secondary N) is 1. The summed E-state index contributed by atoms with van der Waals surface area (Å²) in [7, 11) is 0. The Balaban J connectivity index is 3.40. The first-order chi connectivity index (χ1) is 38.5. The molecule has 0 bridgehead atoms. The third-order valence-corrected chi connectivity index (χ3v) is 17.1. The normalized spacial score (nSPS) is 12.5. The smallest absolute Gasteiger partial charge is 0.305 e. The molecule has 0 aromatic carbocycles. The van der Waals surface area contributed by atoms with E-state index in [9.17, 15) is 19.8 Å². The number of unbranched alkanes of at least 4 members (excludes halogenated alkanes) is 57. The van der Waals surface area contributed by atoms with Crippen molar-refractivity contribution in [1.29, 1.82) is 0 Å². The molecule has 0 saturated heterocycles. The van der Waals surface area contributed by atoms with Crippen molar-refractivity contribution in [2.24, 2.45) is 0 Å². The van der Waals surface area contributed by atoms with Gasteiger partial charge >= 0.3 is 5.97 Å². The number of hydrogen-bond donors (Lipinski definition) is 3. The van der Waals surface area contributed by atoms with Crippen LogP contribution < -0.4 is 5.32 Å². The van der Waals surface area contributed by atoms with Crippen LogP contribution in [0.2, 0.25) is 0 Å². The zero-order chi connectivity index (χ0) is 56.4. The Morgan fingerprint density at radius 3 is 0.872 bits per heavy atom. The molecule has 0 aliphatic carbocycles. The van der Waals surface area contributed by atoms with Crippen molar-refractivity contribution in [2.45, 2.75) is 424 Å². The molecule has 78 heavy (non-hydrogen) atoms. The zero-order valence-corrected chi connectivity index (χ0v) is 53.2. The van der Waals surface area contributed by atoms with Gasteiger partial charge in [0.2, 0.25) is 5.91 Å². The number of carbonyl (C=O) groups is 2. The quantitative estimate of drug-likeness (QED) is 0.0320. The number of aliphatic hydroxyl groups excluding tert-OH is 2. The molecule has 3 N–H and O–H groups in total. The Morgan fingerprint density at radius 1 is 0.346 bits per heavy atom. The van der Waals surface area contributed by atoms with E-state index >= 15 is 0 Å². The summed E-state index contributed by atoms with van der Waals surface area (Å²) in [4.78, 5) is 24.7. The topological polar surface area (TPSA) is 95.9 Å². The Kier molecular flexibility index (Phi) is 66.9. The second kappa shape index (κ2) is 68.1. The van der Waals surface area contributed by atoms with E-state index in [0.29, 0.717) is 19.4 Å². The highest BCUT2D eigenvalue weighted by Gasteiger charge is 2.18. The fourth-order valence-electron chi connectivity index (χ4n) is 11.6. The van der Waals surface area contributed by atoms with Crippen molar-refractivity contribution in [3.05, 3.63) is 12.2 Å². The Bertz CT molecular complexity index is 1180. The summed E-state index contributed by atoms with van der Waals surface area (Å²) < 4.78 is 5.51. The lowest BCUT2D eigenvalue weighted by Gasteiger charge is -2.20. The van der Waals surface area contributed by atoms with Gasteiger partial charge in [-0.25, -0.2) is 0 Å². The van der Waals surface area contributed by atoms with Gasteiger partial charge in [0, 0.05) is 12.8 Å². The van der Waals surface area contributed by atoms with Gasteiger partial charge in [-0.2, -0.15) is 0 Å². The van der Waals surface area contributed by atoms with E-state index < -0.39 is 12.1 Å². The van der Waals surface area contributed by atoms with Gasteiger partial charge in [0.15, 0.2) is 0 Å². The van der Waals surface area contributed by atoms with Gasteiger partial charge in [-0.05, 0) is 32.1 Å². The molecule has 0 aromatic heterocycles. The predicted molar refractivity (Wildman–Crippen MR) is 343 cm³/mol. The molecule has 6 nitrogen and oxygen atoms in total. The van der Waals surface area contributed by atoms with Crippen LogP contribution in [0.4, 0.5) is 0 Å². The molecule has 0 aromatic rings. The number of carbonyl (C=O) groups excluding carboxylic acids is 2. The molecular weight excluding hydrogens is 959 g/mol. The SMILES string of the molecule is CCCCCCCCCCCCCCCCCCCCCCCC/C=C/C(O)C(CO)NC(=O)CCCCCCCCCCCCCCCCCCCCCOC(=O)CCCCCCCCCCCCCCCCCCCC. The van der Waals surface area contributed by atoms with E-state index in [4.69, 9.17) is 4.74 Å². The van der Waals surface area contributed by atoms with Gasteiger partial charge in [-0.3, -0.25) is 9.59 Å². The average Bonchev–Trinajstić information content (AvgIpc) is 3.44. The van der Waals surface area contributed by atoms with E-state index in [1.54, 1.807) is 6.08 Å². The summed E-state index contributed by atoms with van der Waals surface area (Å²) in [6, 6.07) is -0.631. The maximum absolute atomic E-state index is 12.5. The lowest BCUT2D eigenvalue weighted by molar-refractivity contribution is -0.143. The summed E-state index contributed by atoms with van der Waals surface area (Å²) >= 11 is 0. The predicted octanol–water partition coefficient (Wildman–Crippen LogP) is 23.1. The second-order valence-electron chi connectivity index (χ2n) is 24.9. The van der Waals surface area contributed by atoms with Crippen LogP contribution in [-0.4, -0.2) is 47.4 Å². The number of amides is 1. The molecule has 6 heteroatoms. The monoisotopic (exact) mass is 1100 g/mol. The summed E-state index contributed by atoms with van der Waals surface area (Å²) in [6.45, 7) is 4.95. The molecule has 0 heterocycles. The molecule has 0 saturated carbocycles. The van der Waals surface area contributed by atoms with Crippen LogP contribution in [-0.2, 0) is 14.3 Å². The summed E-state index contributed by atoms with van der Waals surface area (Å²) in [6.07, 6.45) is 84.3. The van der Waals surface area contributed by atoms with Crippen molar-refractivity contribution in [3.63, 3.8) is 0 Å². The first-order valence-corrected chi connectivity index (χ1v) is 36.0. The molecule has 0 aliphatic rings. The minimum absolute atomic E-state index is 0.0141. The molecule has 0 rings (SSSR count). The Hall–Kier alpha value is -1.40. The van der Waals surface area contributed by atoms with Crippen LogP contribution in [0.3, 0.4) is 0 Å². The van der Waals surface area contributed by atoms with Gasteiger partial charge in [0.1, 0.15) is 0 Å². The minimum atomic E-state index is -0.847. The fraction of sp³-hybridized carbons (Fsp3) is 0.944. The maximum Gasteiger partial charge on any atom is 0.305 e. The van der Waals surface area contributed by atoms with Crippen molar-refractivity contribution >= 4 is 11.9 Å². The number of esters is 1. The van der Waals surface area contributed by atoms with E-state index in [1.807, 2.05) is 6.08 Å². The highest BCUT2D eigenvalue weighted by Crippen LogP contribution is 2.19. The molecule has 0 fully saturated rings. The van der Waals surface area contributed by atoms with Crippen molar-refractivity contribution in [2.75, 3.05) is 13.2 Å². The Labute approximate surface area is 489 Å². The first-order valence-electron chi connectivity index (χ1n) is 36.0. The number of aliphatic hydroxyl groups is 2. The van der Waals surface area contributed by atoms with Crippen LogP contribution in [0.25, 0.3) is 0 Å². The van der Waals surface area contributed by atoms with Gasteiger partial charge < -0.3 is 20.3 Å². The highest BCUT2D eigenvalue weighted by atomic mass is 16.5. The molecule has 2 atom stereocenters. The van der Waals surface area contributed by atoms with E-state index in [0.717, 1.165) is 38.5 Å². The van der Waals surface area contributed by atoms with E-state index in [2.05, 4.69) is 19.2 Å². The van der Waals surface area contributed by atoms with Crippen molar-refractivity contribution in [1.82, 2.24) is 5.32 Å². The molecule has 0 spiro atoms. The third-order valence-electron chi connectivity index (χ3n) is 17.1. The standard InChI is InChI=1S/C72H141NO5/c1-3-5-7-9-11-13-15-17-19-21-23-24-25-26-27-29-32-36-40-44-48-52-56-60-64-70(75)69(68-74)73-71(76)65-61-57-53-49-45-41-37-33-30-28-31-35-39-43-47-51-55-59-63-67-78-72(77)66-62-58-54-50-46-42-38-34-22-20-18-16-14-12-10-8-6-4-2/h60,64,69-70,74-75H,3-59,61-63,65-68H2,1-2H3,(H,73,76)/b64-60+. The second-order valence-corrected chi connectivity index (χ2v) is 24.9. The summed E-state index contributed by atoms with van der Waals surface area (Å²) in [5.41, 5.74) is 0. The van der Waals surface area contributed by atoms with Gasteiger partial charge in [0.05, 0.1) is 25.4 Å². The molecule has 0 aliphatic heterocycles. The summed E-state index contributed by atoms with van der Waals surface area (Å²) in [5.74, 6) is -0.0514. The highest BCUT2D eigenvalue weighted by molar-refractivity contribution is 5.76. The maximum atomic E-state index is 12.5. The Morgan fingerprint density at radius 2 is 0.590 bits per heavy atom. The van der Waals surface area contributed by atoms with Crippen molar-refractivity contribution in [3.8, 4) is 0 Å². The van der Waals surface area contributed by atoms with E-state index in [-0.39, 0.29) is 18.5 Å². The van der Waals surface area contributed by atoms with Crippen molar-refractivity contribution < 1.29 is 24.5 Å². The van der Waals surface area contributed by atoms with E-state index in [1.165, 1.54) is 347 Å². The molecule has 464 valence electrons. The molecule has 0 radical (unpaired) electrons. The lowest BCUT2D eigenvalue weighted by atomic mass is 10.0. The molecule has 2 unspecified atom stereocenters. The number of ether oxygens (including phenoxy) is 1. The minimum Gasteiger partial charge on any atom is -0.466 e. The van der Waals surface area contributed by atoms with Crippen LogP contribution in [0.1, 0.15) is 412 Å². The third kappa shape index (κ3) is 63.8. The zero-order valence-electron chi connectivity index (χ0n) is 53.2. The molecule has 1 amide bonds. The van der Waals surface area contributed by atoms with Crippen LogP contribution in [0.5, 0.6) is 0 Å². The molecular formula is C72H141NO5. The number of hydrogen-bond acceptors (Lipinski definition) is 5. The summed E-state index contributed by atoms with van der Waals surface area (Å²) in [5, 5.41) is 23.3. The van der Waals surface area contributed by atoms with Crippen LogP contribution in [0, 0.1) is 0 Å². The van der Waals surface area contributed by atoms with Gasteiger partial charge in [-0.1, -0.05) is 379 Å². The average molecular weight is 1100 g/mol. The van der Waals surface area contributed by atoms with Gasteiger partial charge in [-0.15, -0.1) is 0 Å². The van der Waals surface area contributed by atoms with Crippen LogP contribution >= 0.6 is 0 Å². The number of rotatable bonds is 68. The first kappa shape index (κ1) is 76.6. The number of allylic oxidation sites excluding steroid dienone is 1. The van der Waals surface area contributed by atoms with Gasteiger partial charge in [0.25, 0.3) is 0 Å². The fourth-order valence-corrected chi connectivity index (χ4v) is 11.6. The van der Waals surface area contributed by atoms with Crippen LogP contribution in [0.15, 0.2) is 12.2 Å². The largest absolute Gasteiger partial charge is 0.466 e.